The fraction of sp³-hybridized carbons (Fsp3) is 0.857. The Labute approximate surface area is 123 Å². The van der Waals surface area contributed by atoms with Crippen LogP contribution in [0.1, 0.15) is 52.0 Å². The van der Waals surface area contributed by atoms with Gasteiger partial charge in [0.05, 0.1) is 0 Å². The van der Waals surface area contributed by atoms with Crippen LogP contribution in [0.3, 0.4) is 0 Å². The van der Waals surface area contributed by atoms with Gasteiger partial charge in [-0.2, -0.15) is 0 Å². The minimum atomic E-state index is -0.0427. The van der Waals surface area contributed by atoms with Gasteiger partial charge in [0, 0.05) is 17.3 Å². The van der Waals surface area contributed by atoms with Gasteiger partial charge in [-0.3, -0.25) is 4.57 Å². The van der Waals surface area contributed by atoms with Gasteiger partial charge in [0.25, 0.3) is 0 Å². The first kappa shape index (κ1) is 14.2. The molecule has 2 saturated carbocycles. The molecule has 1 aromatic rings. The summed E-state index contributed by atoms with van der Waals surface area (Å²) in [5.74, 6) is 0.766. The summed E-state index contributed by atoms with van der Waals surface area (Å²) in [6, 6.07) is 0.933. The zero-order valence-corrected chi connectivity index (χ0v) is 13.1. The topological polar surface area (TPSA) is 62.7 Å². The summed E-state index contributed by atoms with van der Waals surface area (Å²) < 4.78 is 1.87. The highest BCUT2D eigenvalue weighted by atomic mass is 32.2. The Bertz CT molecular complexity index is 508. The summed E-state index contributed by atoms with van der Waals surface area (Å²) in [6.07, 6.45) is 5.96. The predicted molar refractivity (Wildman–Crippen MR) is 81.2 cm³/mol. The average Bonchev–Trinajstić information content (AvgIpc) is 3.18. The molecule has 1 aromatic heterocycles. The quantitative estimate of drug-likeness (QED) is 0.874. The third-order valence-corrected chi connectivity index (χ3v) is 5.68. The zero-order valence-electron chi connectivity index (χ0n) is 12.3. The van der Waals surface area contributed by atoms with Crippen molar-refractivity contribution in [2.75, 3.05) is 6.54 Å². The molecule has 2 fully saturated rings. The SMILES string of the molecule is CCNC1CCC(C)CC1Sc1n[nH]c(=O)n1C1CC1. The van der Waals surface area contributed by atoms with Crippen molar-refractivity contribution in [3.05, 3.63) is 10.5 Å². The Morgan fingerprint density at radius 2 is 2.20 bits per heavy atom. The van der Waals surface area contributed by atoms with E-state index >= 15 is 0 Å². The second kappa shape index (κ2) is 5.93. The maximum atomic E-state index is 11.9. The van der Waals surface area contributed by atoms with Gasteiger partial charge >= 0.3 is 5.69 Å². The van der Waals surface area contributed by atoms with Crippen molar-refractivity contribution in [2.45, 2.75) is 68.4 Å². The van der Waals surface area contributed by atoms with Crippen LogP contribution in [0.25, 0.3) is 0 Å². The first-order chi connectivity index (χ1) is 9.69. The molecule has 2 aliphatic carbocycles. The lowest BCUT2D eigenvalue weighted by atomic mass is 9.87. The van der Waals surface area contributed by atoms with Crippen molar-refractivity contribution in [1.29, 1.82) is 0 Å². The van der Waals surface area contributed by atoms with Crippen molar-refractivity contribution >= 4 is 11.8 Å². The molecule has 3 atom stereocenters. The summed E-state index contributed by atoms with van der Waals surface area (Å²) in [7, 11) is 0. The van der Waals surface area contributed by atoms with Crippen LogP contribution in [0.5, 0.6) is 0 Å². The first-order valence-electron chi connectivity index (χ1n) is 7.76. The third kappa shape index (κ3) is 2.96. The van der Waals surface area contributed by atoms with E-state index in [2.05, 4.69) is 29.4 Å². The van der Waals surface area contributed by atoms with E-state index in [-0.39, 0.29) is 5.69 Å². The van der Waals surface area contributed by atoms with Crippen LogP contribution in [-0.2, 0) is 0 Å². The smallest absolute Gasteiger partial charge is 0.313 e. The summed E-state index contributed by atoms with van der Waals surface area (Å²) in [6.45, 7) is 5.49. The largest absolute Gasteiger partial charge is 0.344 e. The fourth-order valence-electron chi connectivity index (χ4n) is 3.12. The molecular weight excluding hydrogens is 272 g/mol. The van der Waals surface area contributed by atoms with Crippen molar-refractivity contribution in [2.24, 2.45) is 5.92 Å². The van der Waals surface area contributed by atoms with E-state index in [9.17, 15) is 4.79 Å². The molecule has 0 amide bonds. The van der Waals surface area contributed by atoms with Crippen LogP contribution in [0.15, 0.2) is 9.95 Å². The standard InChI is InChI=1S/C14H24N4OS/c1-3-15-11-7-4-9(2)8-12(11)20-14-17-16-13(19)18(14)10-5-6-10/h9-12,15H,3-8H2,1-2H3,(H,16,19). The maximum Gasteiger partial charge on any atom is 0.344 e. The highest BCUT2D eigenvalue weighted by molar-refractivity contribution is 7.99. The minimum Gasteiger partial charge on any atom is -0.313 e. The zero-order chi connectivity index (χ0) is 14.1. The molecule has 3 rings (SSSR count). The van der Waals surface area contributed by atoms with Gasteiger partial charge in [-0.05, 0) is 44.6 Å². The lowest BCUT2D eigenvalue weighted by Gasteiger charge is -2.34. The summed E-state index contributed by atoms with van der Waals surface area (Å²) >= 11 is 1.79. The van der Waals surface area contributed by atoms with E-state index in [0.717, 1.165) is 30.5 Å². The molecular formula is C14H24N4OS. The lowest BCUT2D eigenvalue weighted by Crippen LogP contribution is -2.42. The Morgan fingerprint density at radius 3 is 2.90 bits per heavy atom. The fourth-order valence-corrected chi connectivity index (χ4v) is 4.65. The molecule has 0 radical (unpaired) electrons. The predicted octanol–water partition coefficient (Wildman–Crippen LogP) is 2.17. The van der Waals surface area contributed by atoms with Gasteiger partial charge in [-0.15, -0.1) is 5.10 Å². The molecule has 0 bridgehead atoms. The monoisotopic (exact) mass is 296 g/mol. The van der Waals surface area contributed by atoms with Crippen LogP contribution in [0.4, 0.5) is 0 Å². The average molecular weight is 296 g/mol. The van der Waals surface area contributed by atoms with E-state index < -0.39 is 0 Å². The number of nitrogens with zero attached hydrogens (tertiary/aromatic N) is 2. The van der Waals surface area contributed by atoms with Gasteiger partial charge in [-0.25, -0.2) is 9.89 Å². The molecule has 6 heteroatoms. The number of hydrogen-bond acceptors (Lipinski definition) is 4. The Morgan fingerprint density at radius 1 is 1.40 bits per heavy atom. The number of thioether (sulfide) groups is 1. The summed E-state index contributed by atoms with van der Waals surface area (Å²) in [4.78, 5) is 11.9. The molecule has 112 valence electrons. The van der Waals surface area contributed by atoms with Gasteiger partial charge in [0.1, 0.15) is 0 Å². The molecule has 0 aliphatic heterocycles. The van der Waals surface area contributed by atoms with E-state index in [0.29, 0.717) is 17.3 Å². The second-order valence-electron chi connectivity index (χ2n) is 6.15. The first-order valence-corrected chi connectivity index (χ1v) is 8.64. The number of rotatable bonds is 5. The van der Waals surface area contributed by atoms with Crippen LogP contribution in [0, 0.1) is 5.92 Å². The Balaban J connectivity index is 1.75. The molecule has 0 spiro atoms. The maximum absolute atomic E-state index is 11.9. The molecule has 2 N–H and O–H groups in total. The second-order valence-corrected chi connectivity index (χ2v) is 7.36. The van der Waals surface area contributed by atoms with E-state index in [1.54, 1.807) is 11.8 Å². The van der Waals surface area contributed by atoms with Crippen molar-refractivity contribution in [3.63, 3.8) is 0 Å². The molecule has 5 nitrogen and oxygen atoms in total. The molecule has 3 unspecified atom stereocenters. The van der Waals surface area contributed by atoms with Gasteiger partial charge in [0.2, 0.25) is 0 Å². The molecule has 0 aromatic carbocycles. The normalized spacial score (nSPS) is 30.6. The highest BCUT2D eigenvalue weighted by Gasteiger charge is 2.33. The lowest BCUT2D eigenvalue weighted by molar-refractivity contribution is 0.320. The van der Waals surface area contributed by atoms with E-state index in [1.807, 2.05) is 4.57 Å². The Kier molecular flexibility index (Phi) is 4.21. The third-order valence-electron chi connectivity index (χ3n) is 4.36. The summed E-state index contributed by atoms with van der Waals surface area (Å²) in [5.41, 5.74) is -0.0427. The molecule has 20 heavy (non-hydrogen) atoms. The van der Waals surface area contributed by atoms with E-state index in [4.69, 9.17) is 0 Å². The number of nitrogens with one attached hydrogen (secondary N) is 2. The number of aromatic amines is 1. The molecule has 1 heterocycles. The van der Waals surface area contributed by atoms with E-state index in [1.165, 1.54) is 19.3 Å². The summed E-state index contributed by atoms with van der Waals surface area (Å²) in [5, 5.41) is 11.9. The molecule has 2 aliphatic rings. The van der Waals surface area contributed by atoms with Crippen LogP contribution >= 0.6 is 11.8 Å². The van der Waals surface area contributed by atoms with Gasteiger partial charge < -0.3 is 5.32 Å². The van der Waals surface area contributed by atoms with Crippen LogP contribution in [-0.4, -0.2) is 32.6 Å². The van der Waals surface area contributed by atoms with Crippen molar-refractivity contribution < 1.29 is 0 Å². The molecule has 0 saturated heterocycles. The van der Waals surface area contributed by atoms with Crippen LogP contribution < -0.4 is 11.0 Å². The minimum absolute atomic E-state index is 0.0427. The number of hydrogen-bond donors (Lipinski definition) is 2. The number of aromatic nitrogens is 3. The number of H-pyrrole nitrogens is 1. The van der Waals surface area contributed by atoms with Gasteiger partial charge in [-0.1, -0.05) is 25.6 Å². The van der Waals surface area contributed by atoms with Gasteiger partial charge in [0.15, 0.2) is 5.16 Å². The van der Waals surface area contributed by atoms with Crippen molar-refractivity contribution in [3.8, 4) is 0 Å². The van der Waals surface area contributed by atoms with Crippen molar-refractivity contribution in [1.82, 2.24) is 20.1 Å². The highest BCUT2D eigenvalue weighted by Crippen LogP contribution is 2.40. The Hall–Kier alpha value is -0.750. The van der Waals surface area contributed by atoms with Crippen LogP contribution in [0.2, 0.25) is 0 Å².